The van der Waals surface area contributed by atoms with Gasteiger partial charge in [0.15, 0.2) is 0 Å². The number of amides is 3. The SMILES string of the molecule is NC(=O)NCc1ccc(C(=O)NCc2ccccc2OC(F)(F)F)cc1. The van der Waals surface area contributed by atoms with E-state index in [2.05, 4.69) is 15.4 Å². The van der Waals surface area contributed by atoms with Gasteiger partial charge in [0.05, 0.1) is 0 Å². The van der Waals surface area contributed by atoms with Crippen molar-refractivity contribution in [3.8, 4) is 5.75 Å². The van der Waals surface area contributed by atoms with Crippen molar-refractivity contribution in [2.24, 2.45) is 5.73 Å². The number of carbonyl (C=O) groups excluding carboxylic acids is 2. The lowest BCUT2D eigenvalue weighted by molar-refractivity contribution is -0.274. The number of alkyl halides is 3. The predicted molar refractivity (Wildman–Crippen MR) is 87.2 cm³/mol. The fourth-order valence-electron chi connectivity index (χ4n) is 2.11. The van der Waals surface area contributed by atoms with Gasteiger partial charge in [0.25, 0.3) is 5.91 Å². The molecule has 3 amide bonds. The average Bonchev–Trinajstić information content (AvgIpc) is 2.58. The molecule has 0 aromatic heterocycles. The van der Waals surface area contributed by atoms with Crippen molar-refractivity contribution >= 4 is 11.9 Å². The van der Waals surface area contributed by atoms with Gasteiger partial charge < -0.3 is 21.1 Å². The molecule has 0 spiro atoms. The second kappa shape index (κ2) is 8.24. The number of rotatable bonds is 6. The maximum Gasteiger partial charge on any atom is 0.573 e. The van der Waals surface area contributed by atoms with Gasteiger partial charge in [-0.1, -0.05) is 30.3 Å². The van der Waals surface area contributed by atoms with Gasteiger partial charge >= 0.3 is 12.4 Å². The van der Waals surface area contributed by atoms with Gasteiger partial charge in [0, 0.05) is 24.2 Å². The van der Waals surface area contributed by atoms with Gasteiger partial charge in [-0.15, -0.1) is 13.2 Å². The highest BCUT2D eigenvalue weighted by molar-refractivity contribution is 5.94. The monoisotopic (exact) mass is 367 g/mol. The fourth-order valence-corrected chi connectivity index (χ4v) is 2.11. The largest absolute Gasteiger partial charge is 0.573 e. The van der Waals surface area contributed by atoms with Crippen LogP contribution in [0.25, 0.3) is 0 Å². The van der Waals surface area contributed by atoms with E-state index < -0.39 is 18.3 Å². The molecule has 4 N–H and O–H groups in total. The number of halogens is 3. The third kappa shape index (κ3) is 6.00. The summed E-state index contributed by atoms with van der Waals surface area (Å²) < 4.78 is 41.1. The standard InChI is InChI=1S/C17H16F3N3O3/c18-17(19,20)26-14-4-2-1-3-13(14)10-22-15(24)12-7-5-11(6-8-12)9-23-16(21)25/h1-8H,9-10H2,(H,22,24)(H3,21,23,25). The molecule has 9 heteroatoms. The van der Waals surface area contributed by atoms with Crippen LogP contribution in [0.2, 0.25) is 0 Å². The Labute approximate surface area is 147 Å². The summed E-state index contributed by atoms with van der Waals surface area (Å²) in [6, 6.07) is 11.2. The Morgan fingerprint density at radius 1 is 0.962 bits per heavy atom. The Hall–Kier alpha value is -3.23. The Morgan fingerprint density at radius 2 is 1.62 bits per heavy atom. The van der Waals surface area contributed by atoms with Crippen molar-refractivity contribution in [2.45, 2.75) is 19.5 Å². The van der Waals surface area contributed by atoms with Gasteiger partial charge in [-0.05, 0) is 23.8 Å². The molecule has 0 heterocycles. The maximum atomic E-state index is 12.4. The topological polar surface area (TPSA) is 93.5 Å². The minimum atomic E-state index is -4.81. The molecule has 0 unspecified atom stereocenters. The lowest BCUT2D eigenvalue weighted by Crippen LogP contribution is -2.28. The third-order valence-electron chi connectivity index (χ3n) is 3.32. The van der Waals surface area contributed by atoms with Crippen LogP contribution < -0.4 is 21.1 Å². The summed E-state index contributed by atoms with van der Waals surface area (Å²) in [6.45, 7) is 0.0927. The molecule has 138 valence electrons. The number of urea groups is 1. The van der Waals surface area contributed by atoms with Crippen LogP contribution in [-0.2, 0) is 13.1 Å². The van der Waals surface area contributed by atoms with E-state index in [0.717, 1.165) is 5.56 Å². The summed E-state index contributed by atoms with van der Waals surface area (Å²) in [6.07, 6.45) is -4.81. The van der Waals surface area contributed by atoms with Crippen molar-refractivity contribution in [1.29, 1.82) is 0 Å². The van der Waals surface area contributed by atoms with Gasteiger partial charge in [-0.2, -0.15) is 0 Å². The number of para-hydroxylation sites is 1. The van der Waals surface area contributed by atoms with Crippen molar-refractivity contribution in [3.63, 3.8) is 0 Å². The summed E-state index contributed by atoms with van der Waals surface area (Å²) in [4.78, 5) is 22.8. The molecule has 0 radical (unpaired) electrons. The zero-order valence-electron chi connectivity index (χ0n) is 13.5. The molecule has 0 fully saturated rings. The van der Waals surface area contributed by atoms with Crippen molar-refractivity contribution in [2.75, 3.05) is 0 Å². The van der Waals surface area contributed by atoms with E-state index in [-0.39, 0.29) is 24.4 Å². The van der Waals surface area contributed by atoms with Crippen LogP contribution in [0.5, 0.6) is 5.75 Å². The van der Waals surface area contributed by atoms with Crippen LogP contribution >= 0.6 is 0 Å². The van der Waals surface area contributed by atoms with E-state index in [1.807, 2.05) is 0 Å². The Morgan fingerprint density at radius 3 is 2.23 bits per heavy atom. The van der Waals surface area contributed by atoms with Crippen LogP contribution in [0, 0.1) is 0 Å². The molecule has 0 atom stereocenters. The molecule has 2 aromatic rings. The second-order valence-electron chi connectivity index (χ2n) is 5.25. The number of hydrogen-bond donors (Lipinski definition) is 3. The third-order valence-corrected chi connectivity index (χ3v) is 3.32. The molecule has 6 nitrogen and oxygen atoms in total. The van der Waals surface area contributed by atoms with Crippen LogP contribution in [0.3, 0.4) is 0 Å². The summed E-state index contributed by atoms with van der Waals surface area (Å²) in [7, 11) is 0. The highest BCUT2D eigenvalue weighted by atomic mass is 19.4. The number of nitrogens with two attached hydrogens (primary N) is 1. The summed E-state index contributed by atoms with van der Waals surface area (Å²) >= 11 is 0. The first-order chi connectivity index (χ1) is 12.2. The van der Waals surface area contributed by atoms with Crippen molar-refractivity contribution < 1.29 is 27.5 Å². The minimum Gasteiger partial charge on any atom is -0.405 e. The van der Waals surface area contributed by atoms with Gasteiger partial charge in [0.1, 0.15) is 5.75 Å². The number of nitrogens with one attached hydrogen (secondary N) is 2. The number of hydrogen-bond acceptors (Lipinski definition) is 3. The maximum absolute atomic E-state index is 12.4. The van der Waals surface area contributed by atoms with E-state index in [0.29, 0.717) is 5.56 Å². The zero-order chi connectivity index (χ0) is 19.2. The first-order valence-corrected chi connectivity index (χ1v) is 7.49. The summed E-state index contributed by atoms with van der Waals surface area (Å²) in [5, 5.41) is 4.95. The van der Waals surface area contributed by atoms with E-state index >= 15 is 0 Å². The molecule has 0 aliphatic carbocycles. The lowest BCUT2D eigenvalue weighted by Gasteiger charge is -2.13. The van der Waals surface area contributed by atoms with E-state index in [4.69, 9.17) is 5.73 Å². The highest BCUT2D eigenvalue weighted by Crippen LogP contribution is 2.26. The lowest BCUT2D eigenvalue weighted by atomic mass is 10.1. The number of ether oxygens (including phenoxy) is 1. The summed E-state index contributed by atoms with van der Waals surface area (Å²) in [5.41, 5.74) is 6.23. The number of primary amides is 1. The highest BCUT2D eigenvalue weighted by Gasteiger charge is 2.31. The Bertz CT molecular complexity index is 777. The van der Waals surface area contributed by atoms with Gasteiger partial charge in [-0.3, -0.25) is 4.79 Å². The van der Waals surface area contributed by atoms with Crippen LogP contribution in [0.4, 0.5) is 18.0 Å². The quantitative estimate of drug-likeness (QED) is 0.733. The Balaban J connectivity index is 1.97. The molecule has 26 heavy (non-hydrogen) atoms. The van der Waals surface area contributed by atoms with Crippen LogP contribution in [0.1, 0.15) is 21.5 Å². The fraction of sp³-hybridized carbons (Fsp3) is 0.176. The van der Waals surface area contributed by atoms with E-state index in [9.17, 15) is 22.8 Å². The van der Waals surface area contributed by atoms with Gasteiger partial charge in [0.2, 0.25) is 0 Å². The number of benzene rings is 2. The first kappa shape index (κ1) is 19.1. The van der Waals surface area contributed by atoms with Crippen molar-refractivity contribution in [3.05, 3.63) is 65.2 Å². The first-order valence-electron chi connectivity index (χ1n) is 7.49. The molecular formula is C17H16F3N3O3. The summed E-state index contributed by atoms with van der Waals surface area (Å²) in [5.74, 6) is -0.825. The van der Waals surface area contributed by atoms with Gasteiger partial charge in [-0.25, -0.2) is 4.79 Å². The number of carbonyl (C=O) groups is 2. The van der Waals surface area contributed by atoms with Crippen molar-refractivity contribution in [1.82, 2.24) is 10.6 Å². The van der Waals surface area contributed by atoms with Crippen LogP contribution in [-0.4, -0.2) is 18.3 Å². The minimum absolute atomic E-state index is 0.129. The molecule has 0 aliphatic heterocycles. The van der Waals surface area contributed by atoms with E-state index in [1.165, 1.54) is 30.3 Å². The zero-order valence-corrected chi connectivity index (χ0v) is 13.5. The molecule has 0 aliphatic rings. The van der Waals surface area contributed by atoms with E-state index in [1.54, 1.807) is 18.2 Å². The Kier molecular flexibility index (Phi) is 6.05. The predicted octanol–water partition coefficient (Wildman–Crippen LogP) is 2.68. The molecule has 0 bridgehead atoms. The molecule has 2 aromatic carbocycles. The average molecular weight is 367 g/mol. The smallest absolute Gasteiger partial charge is 0.405 e. The second-order valence-corrected chi connectivity index (χ2v) is 5.25. The van der Waals surface area contributed by atoms with Crippen LogP contribution in [0.15, 0.2) is 48.5 Å². The molecule has 0 saturated carbocycles. The molecular weight excluding hydrogens is 351 g/mol. The molecule has 2 rings (SSSR count). The normalized spacial score (nSPS) is 10.9. The molecule has 0 saturated heterocycles.